The lowest BCUT2D eigenvalue weighted by atomic mass is 9.77. The minimum Gasteiger partial charge on any atom is -0.380 e. The lowest BCUT2D eigenvalue weighted by Gasteiger charge is -2.54. The van der Waals surface area contributed by atoms with E-state index in [-0.39, 0.29) is 23.5 Å². The molecule has 8 nitrogen and oxygen atoms in total. The summed E-state index contributed by atoms with van der Waals surface area (Å²) < 4.78 is 8.73. The molecule has 1 spiro atoms. The molecule has 0 atom stereocenters. The molecule has 3 aromatic heterocycles. The summed E-state index contributed by atoms with van der Waals surface area (Å²) in [5.74, 6) is -0.278. The van der Waals surface area contributed by atoms with E-state index in [9.17, 15) is 9.59 Å². The summed E-state index contributed by atoms with van der Waals surface area (Å²) in [7, 11) is 1.70. The summed E-state index contributed by atoms with van der Waals surface area (Å²) in [6, 6.07) is 13.8. The number of benzene rings is 1. The first-order valence-electron chi connectivity index (χ1n) is 11.0. The van der Waals surface area contributed by atoms with Crippen LogP contribution in [0.4, 0.5) is 0 Å². The molecule has 5 heterocycles. The SMILES string of the molecule is Cn1ncc(C(=O)N2CC3(COC3)C2)c1C(=O)Cc1ccn2cc(-c3ccccc3)nc2c1. The maximum absolute atomic E-state index is 13.2. The Kier molecular flexibility index (Phi) is 4.45. The molecule has 2 aliphatic rings. The second-order valence-corrected chi connectivity index (χ2v) is 9.08. The molecule has 0 aliphatic carbocycles. The first-order chi connectivity index (χ1) is 16.0. The fourth-order valence-electron chi connectivity index (χ4n) is 4.73. The van der Waals surface area contributed by atoms with Crippen LogP contribution in [0.5, 0.6) is 0 Å². The van der Waals surface area contributed by atoms with Crippen molar-refractivity contribution in [1.82, 2.24) is 24.1 Å². The second kappa shape index (κ2) is 7.38. The number of hydrogen-bond acceptors (Lipinski definition) is 5. The molecule has 2 aliphatic heterocycles. The summed E-state index contributed by atoms with van der Waals surface area (Å²) in [5, 5.41) is 4.21. The van der Waals surface area contributed by atoms with Gasteiger partial charge in [-0.05, 0) is 17.7 Å². The summed E-state index contributed by atoms with van der Waals surface area (Å²) in [6.07, 6.45) is 5.55. The first kappa shape index (κ1) is 19.9. The predicted molar refractivity (Wildman–Crippen MR) is 121 cm³/mol. The van der Waals surface area contributed by atoms with Crippen LogP contribution in [0.3, 0.4) is 0 Å². The molecule has 2 fully saturated rings. The Labute approximate surface area is 190 Å². The Hall–Kier alpha value is -3.78. The van der Waals surface area contributed by atoms with Crippen LogP contribution in [-0.2, 0) is 18.2 Å². The molecule has 166 valence electrons. The molecule has 0 N–H and O–H groups in total. The van der Waals surface area contributed by atoms with Gasteiger partial charge in [0, 0.05) is 44.5 Å². The maximum Gasteiger partial charge on any atom is 0.257 e. The number of imidazole rings is 1. The van der Waals surface area contributed by atoms with Crippen molar-refractivity contribution in [2.45, 2.75) is 6.42 Å². The summed E-state index contributed by atoms with van der Waals surface area (Å²) >= 11 is 0. The molecule has 0 radical (unpaired) electrons. The zero-order valence-electron chi connectivity index (χ0n) is 18.3. The number of ether oxygens (including phenoxy) is 1. The van der Waals surface area contributed by atoms with E-state index >= 15 is 0 Å². The van der Waals surface area contributed by atoms with Gasteiger partial charge in [0.1, 0.15) is 11.3 Å². The minimum atomic E-state index is -0.139. The topological polar surface area (TPSA) is 81.7 Å². The lowest BCUT2D eigenvalue weighted by molar-refractivity contribution is -0.176. The van der Waals surface area contributed by atoms with Gasteiger partial charge in [0.05, 0.1) is 36.1 Å². The monoisotopic (exact) mass is 441 g/mol. The van der Waals surface area contributed by atoms with E-state index < -0.39 is 0 Å². The van der Waals surface area contributed by atoms with Crippen LogP contribution in [0.15, 0.2) is 61.1 Å². The second-order valence-electron chi connectivity index (χ2n) is 9.08. The first-order valence-corrected chi connectivity index (χ1v) is 11.0. The third-order valence-electron chi connectivity index (χ3n) is 6.55. The van der Waals surface area contributed by atoms with E-state index in [0.29, 0.717) is 37.6 Å². The highest BCUT2D eigenvalue weighted by molar-refractivity contribution is 6.07. The number of likely N-dealkylation sites (tertiary alicyclic amines) is 1. The highest BCUT2D eigenvalue weighted by Crippen LogP contribution is 2.38. The molecule has 2 saturated heterocycles. The minimum absolute atomic E-state index is 0.125. The number of carbonyl (C=O) groups excluding carboxylic acids is 2. The number of amides is 1. The van der Waals surface area contributed by atoms with Crippen LogP contribution in [0.2, 0.25) is 0 Å². The molecule has 1 aromatic carbocycles. The summed E-state index contributed by atoms with van der Waals surface area (Å²) in [5.41, 5.74) is 4.37. The molecule has 33 heavy (non-hydrogen) atoms. The number of hydrogen-bond donors (Lipinski definition) is 0. The maximum atomic E-state index is 13.2. The number of fused-ring (bicyclic) bond motifs is 1. The van der Waals surface area contributed by atoms with E-state index in [1.165, 1.54) is 10.9 Å². The van der Waals surface area contributed by atoms with Crippen molar-refractivity contribution in [3.8, 4) is 11.3 Å². The van der Waals surface area contributed by atoms with Gasteiger partial charge in [-0.3, -0.25) is 14.3 Å². The number of Topliss-reactive ketones (excluding diaryl/α,β-unsaturated/α-hetero) is 1. The molecular weight excluding hydrogens is 418 g/mol. The summed E-state index contributed by atoms with van der Waals surface area (Å²) in [4.78, 5) is 32.7. The van der Waals surface area contributed by atoms with Crippen LogP contribution < -0.4 is 0 Å². The van der Waals surface area contributed by atoms with Gasteiger partial charge in [-0.1, -0.05) is 30.3 Å². The van der Waals surface area contributed by atoms with Gasteiger partial charge in [-0.15, -0.1) is 0 Å². The molecule has 1 amide bonds. The number of rotatable bonds is 5. The van der Waals surface area contributed by atoms with Gasteiger partial charge < -0.3 is 14.0 Å². The normalized spacial score (nSPS) is 16.6. The molecule has 4 aromatic rings. The number of nitrogens with zero attached hydrogens (tertiary/aromatic N) is 5. The molecule has 0 bridgehead atoms. The predicted octanol–water partition coefficient (Wildman–Crippen LogP) is 2.63. The van der Waals surface area contributed by atoms with Gasteiger partial charge >= 0.3 is 0 Å². The van der Waals surface area contributed by atoms with Crippen molar-refractivity contribution in [2.75, 3.05) is 26.3 Å². The van der Waals surface area contributed by atoms with Gasteiger partial charge in [-0.2, -0.15) is 5.10 Å². The van der Waals surface area contributed by atoms with Crippen LogP contribution in [-0.4, -0.2) is 62.1 Å². The number of ketones is 1. The number of pyridine rings is 1. The van der Waals surface area contributed by atoms with Gasteiger partial charge in [0.15, 0.2) is 5.78 Å². The van der Waals surface area contributed by atoms with E-state index in [0.717, 1.165) is 22.5 Å². The Morgan fingerprint density at radius 2 is 1.91 bits per heavy atom. The molecule has 8 heteroatoms. The zero-order valence-corrected chi connectivity index (χ0v) is 18.3. The van der Waals surface area contributed by atoms with Crippen molar-refractivity contribution in [3.05, 3.63) is 77.9 Å². The number of aromatic nitrogens is 4. The Balaban J connectivity index is 1.22. The fraction of sp³-hybridized carbons (Fsp3) is 0.280. The molecule has 0 saturated carbocycles. The number of carbonyl (C=O) groups is 2. The fourth-order valence-corrected chi connectivity index (χ4v) is 4.73. The van der Waals surface area contributed by atoms with Gasteiger partial charge in [-0.25, -0.2) is 4.98 Å². The van der Waals surface area contributed by atoms with Crippen molar-refractivity contribution < 1.29 is 14.3 Å². The van der Waals surface area contributed by atoms with Gasteiger partial charge in [0.2, 0.25) is 0 Å². The smallest absolute Gasteiger partial charge is 0.257 e. The molecule has 6 rings (SSSR count). The quantitative estimate of drug-likeness (QED) is 0.445. The van der Waals surface area contributed by atoms with E-state index in [1.807, 2.05) is 59.3 Å². The standard InChI is InChI=1S/C25H23N5O3/c1-28-23(19(11-26-28)24(32)30-13-25(14-30)15-33-16-25)21(31)9-17-7-8-29-12-20(27-22(29)10-17)18-5-3-2-4-6-18/h2-8,10-12H,9,13-16H2,1H3. The Morgan fingerprint density at radius 1 is 1.12 bits per heavy atom. The average molecular weight is 441 g/mol. The number of aryl methyl sites for hydroxylation is 1. The highest BCUT2D eigenvalue weighted by atomic mass is 16.5. The van der Waals surface area contributed by atoms with E-state index in [1.54, 1.807) is 11.9 Å². The Bertz CT molecular complexity index is 1380. The largest absolute Gasteiger partial charge is 0.380 e. The van der Waals surface area contributed by atoms with E-state index in [4.69, 9.17) is 9.72 Å². The molecular formula is C25H23N5O3. The highest BCUT2D eigenvalue weighted by Gasteiger charge is 2.51. The van der Waals surface area contributed by atoms with Crippen LogP contribution in [0.25, 0.3) is 16.9 Å². The lowest BCUT2D eigenvalue weighted by Crippen LogP contribution is -2.67. The van der Waals surface area contributed by atoms with Crippen molar-refractivity contribution in [2.24, 2.45) is 12.5 Å². The van der Waals surface area contributed by atoms with Crippen molar-refractivity contribution in [3.63, 3.8) is 0 Å². The van der Waals surface area contributed by atoms with Crippen molar-refractivity contribution >= 4 is 17.3 Å². The van der Waals surface area contributed by atoms with Crippen LogP contribution in [0.1, 0.15) is 26.4 Å². The third kappa shape index (κ3) is 3.34. The van der Waals surface area contributed by atoms with Crippen molar-refractivity contribution in [1.29, 1.82) is 0 Å². The average Bonchev–Trinajstić information content (AvgIpc) is 3.35. The third-order valence-corrected chi connectivity index (χ3v) is 6.55. The molecule has 0 unspecified atom stereocenters. The Morgan fingerprint density at radius 3 is 2.64 bits per heavy atom. The zero-order chi connectivity index (χ0) is 22.6. The van der Waals surface area contributed by atoms with Crippen LogP contribution in [0, 0.1) is 5.41 Å². The van der Waals surface area contributed by atoms with Gasteiger partial charge in [0.25, 0.3) is 5.91 Å². The van der Waals surface area contributed by atoms with Crippen LogP contribution >= 0.6 is 0 Å². The summed E-state index contributed by atoms with van der Waals surface area (Å²) in [6.45, 7) is 2.76. The van der Waals surface area contributed by atoms with E-state index in [2.05, 4.69) is 5.10 Å².